The first-order valence-corrected chi connectivity index (χ1v) is 6.04. The van der Waals surface area contributed by atoms with Crippen LogP contribution in [-0.2, 0) is 0 Å². The zero-order chi connectivity index (χ0) is 12.1. The molecule has 2 rings (SSSR count). The lowest BCUT2D eigenvalue weighted by Crippen LogP contribution is -1.90. The standard InChI is InChI=1S/C13H15N.C2H6/c1-9(2)11-7-12-10(3)5-4-6-13(12)14-8-11;1-2/h4-9H,1-3H3;1-2H3. The van der Waals surface area contributed by atoms with Gasteiger partial charge in [0, 0.05) is 11.6 Å². The largest absolute Gasteiger partial charge is 0.256 e. The van der Waals surface area contributed by atoms with E-state index in [0.717, 1.165) is 5.52 Å². The number of pyridine rings is 1. The topological polar surface area (TPSA) is 12.9 Å². The average molecular weight is 215 g/mol. The smallest absolute Gasteiger partial charge is 0.0704 e. The molecule has 0 aliphatic rings. The molecule has 1 aromatic heterocycles. The normalized spacial score (nSPS) is 10.1. The fourth-order valence-corrected chi connectivity index (χ4v) is 1.63. The molecule has 0 bridgehead atoms. The SMILES string of the molecule is CC.Cc1cccc2ncc(C(C)C)cc12. The van der Waals surface area contributed by atoms with Crippen LogP contribution in [0.3, 0.4) is 0 Å². The third-order valence-corrected chi connectivity index (χ3v) is 2.63. The van der Waals surface area contributed by atoms with Gasteiger partial charge in [0.2, 0.25) is 0 Å². The molecule has 0 spiro atoms. The average Bonchev–Trinajstić information content (AvgIpc) is 2.32. The first kappa shape index (κ1) is 12.7. The zero-order valence-electron chi connectivity index (χ0n) is 10.9. The molecule has 0 radical (unpaired) electrons. The van der Waals surface area contributed by atoms with Crippen molar-refractivity contribution in [3.8, 4) is 0 Å². The van der Waals surface area contributed by atoms with Gasteiger partial charge in [-0.3, -0.25) is 4.98 Å². The molecule has 0 N–H and O–H groups in total. The fourth-order valence-electron chi connectivity index (χ4n) is 1.63. The summed E-state index contributed by atoms with van der Waals surface area (Å²) < 4.78 is 0. The van der Waals surface area contributed by atoms with E-state index in [1.54, 1.807) is 0 Å². The number of nitrogens with zero attached hydrogens (tertiary/aromatic N) is 1. The van der Waals surface area contributed by atoms with E-state index in [9.17, 15) is 0 Å². The van der Waals surface area contributed by atoms with Crippen LogP contribution in [0.5, 0.6) is 0 Å². The molecule has 1 heterocycles. The Hall–Kier alpha value is -1.37. The maximum Gasteiger partial charge on any atom is 0.0704 e. The summed E-state index contributed by atoms with van der Waals surface area (Å²) in [6, 6.07) is 8.50. The van der Waals surface area contributed by atoms with E-state index in [4.69, 9.17) is 0 Å². The highest BCUT2D eigenvalue weighted by molar-refractivity contribution is 5.82. The van der Waals surface area contributed by atoms with E-state index < -0.39 is 0 Å². The van der Waals surface area contributed by atoms with Crippen LogP contribution < -0.4 is 0 Å². The molecule has 2 aromatic rings. The summed E-state index contributed by atoms with van der Waals surface area (Å²) in [6.45, 7) is 10.5. The van der Waals surface area contributed by atoms with Crippen molar-refractivity contribution in [1.82, 2.24) is 4.98 Å². The van der Waals surface area contributed by atoms with Gasteiger partial charge in [0.1, 0.15) is 0 Å². The van der Waals surface area contributed by atoms with Crippen LogP contribution in [0.1, 0.15) is 44.7 Å². The summed E-state index contributed by atoms with van der Waals surface area (Å²) in [7, 11) is 0. The minimum absolute atomic E-state index is 0.548. The Balaban J connectivity index is 0.000000606. The molecule has 0 saturated carbocycles. The molecule has 0 aliphatic heterocycles. The van der Waals surface area contributed by atoms with Crippen molar-refractivity contribution in [1.29, 1.82) is 0 Å². The first-order valence-electron chi connectivity index (χ1n) is 6.04. The quantitative estimate of drug-likeness (QED) is 0.672. The van der Waals surface area contributed by atoms with E-state index in [2.05, 4.69) is 50.0 Å². The molecule has 0 atom stereocenters. The second kappa shape index (κ2) is 5.64. The molecule has 0 aliphatic carbocycles. The summed E-state index contributed by atoms with van der Waals surface area (Å²) in [5.41, 5.74) is 3.71. The van der Waals surface area contributed by atoms with Gasteiger partial charge in [-0.2, -0.15) is 0 Å². The van der Waals surface area contributed by atoms with Gasteiger partial charge in [-0.25, -0.2) is 0 Å². The van der Waals surface area contributed by atoms with Gasteiger partial charge in [0.05, 0.1) is 5.52 Å². The van der Waals surface area contributed by atoms with E-state index in [1.807, 2.05) is 20.0 Å². The molecular weight excluding hydrogens is 194 g/mol. The van der Waals surface area contributed by atoms with E-state index in [-0.39, 0.29) is 0 Å². The van der Waals surface area contributed by atoms with Crippen LogP contribution in [0.2, 0.25) is 0 Å². The molecular formula is C15H21N. The minimum Gasteiger partial charge on any atom is -0.256 e. The molecule has 0 saturated heterocycles. The highest BCUT2D eigenvalue weighted by Crippen LogP contribution is 2.21. The molecule has 1 heteroatoms. The number of benzene rings is 1. The number of aromatic nitrogens is 1. The highest BCUT2D eigenvalue weighted by atomic mass is 14.6. The summed E-state index contributed by atoms with van der Waals surface area (Å²) in [5, 5.41) is 1.28. The first-order chi connectivity index (χ1) is 7.68. The van der Waals surface area contributed by atoms with Crippen LogP contribution in [0.15, 0.2) is 30.5 Å². The van der Waals surface area contributed by atoms with Gasteiger partial charge in [-0.1, -0.05) is 39.8 Å². The second-order valence-electron chi connectivity index (χ2n) is 4.06. The Labute approximate surface area is 98.5 Å². The number of aryl methyl sites for hydroxylation is 1. The lowest BCUT2D eigenvalue weighted by molar-refractivity contribution is 0.862. The van der Waals surface area contributed by atoms with Gasteiger partial charge in [-0.05, 0) is 36.1 Å². The lowest BCUT2D eigenvalue weighted by Gasteiger charge is -2.07. The van der Waals surface area contributed by atoms with E-state index >= 15 is 0 Å². The third kappa shape index (κ3) is 2.60. The van der Waals surface area contributed by atoms with Crippen molar-refractivity contribution < 1.29 is 0 Å². The molecule has 0 fully saturated rings. The van der Waals surface area contributed by atoms with Crippen molar-refractivity contribution in [3.05, 3.63) is 41.6 Å². The van der Waals surface area contributed by atoms with Gasteiger partial charge in [0.15, 0.2) is 0 Å². The Kier molecular flexibility index (Phi) is 4.48. The van der Waals surface area contributed by atoms with Crippen molar-refractivity contribution in [2.75, 3.05) is 0 Å². The van der Waals surface area contributed by atoms with E-state index in [0.29, 0.717) is 5.92 Å². The maximum absolute atomic E-state index is 4.46. The molecule has 0 amide bonds. The van der Waals surface area contributed by atoms with Gasteiger partial charge >= 0.3 is 0 Å². The molecule has 0 unspecified atom stereocenters. The zero-order valence-corrected chi connectivity index (χ0v) is 10.9. The van der Waals surface area contributed by atoms with Crippen LogP contribution in [0.25, 0.3) is 10.9 Å². The Morgan fingerprint density at radius 2 is 1.81 bits per heavy atom. The lowest BCUT2D eigenvalue weighted by atomic mass is 10.0. The predicted molar refractivity (Wildman–Crippen MR) is 71.9 cm³/mol. The monoisotopic (exact) mass is 215 g/mol. The molecule has 86 valence electrons. The van der Waals surface area contributed by atoms with Crippen molar-refractivity contribution in [2.45, 2.75) is 40.5 Å². The highest BCUT2D eigenvalue weighted by Gasteiger charge is 2.02. The maximum atomic E-state index is 4.46. The van der Waals surface area contributed by atoms with Gasteiger partial charge in [-0.15, -0.1) is 0 Å². The summed E-state index contributed by atoms with van der Waals surface area (Å²) in [4.78, 5) is 4.46. The Morgan fingerprint density at radius 1 is 1.12 bits per heavy atom. The molecule has 1 aromatic carbocycles. The summed E-state index contributed by atoms with van der Waals surface area (Å²) in [5.74, 6) is 0.548. The van der Waals surface area contributed by atoms with Gasteiger partial charge in [0.25, 0.3) is 0 Å². The predicted octanol–water partition coefficient (Wildman–Crippen LogP) is 4.69. The molecule has 1 nitrogen and oxygen atoms in total. The van der Waals surface area contributed by atoms with Crippen LogP contribution in [0.4, 0.5) is 0 Å². The van der Waals surface area contributed by atoms with Crippen molar-refractivity contribution in [2.24, 2.45) is 0 Å². The Morgan fingerprint density at radius 3 is 2.44 bits per heavy atom. The molecule has 16 heavy (non-hydrogen) atoms. The number of rotatable bonds is 1. The van der Waals surface area contributed by atoms with E-state index in [1.165, 1.54) is 16.5 Å². The van der Waals surface area contributed by atoms with Crippen LogP contribution in [-0.4, -0.2) is 4.98 Å². The second-order valence-corrected chi connectivity index (χ2v) is 4.06. The minimum atomic E-state index is 0.548. The number of fused-ring (bicyclic) bond motifs is 1. The van der Waals surface area contributed by atoms with Gasteiger partial charge < -0.3 is 0 Å². The third-order valence-electron chi connectivity index (χ3n) is 2.63. The van der Waals surface area contributed by atoms with Crippen molar-refractivity contribution in [3.63, 3.8) is 0 Å². The Bertz CT molecular complexity index is 458. The summed E-state index contributed by atoms with van der Waals surface area (Å²) in [6.07, 6.45) is 1.98. The fraction of sp³-hybridized carbons (Fsp3) is 0.400. The number of hydrogen-bond acceptors (Lipinski definition) is 1. The number of hydrogen-bond donors (Lipinski definition) is 0. The van der Waals surface area contributed by atoms with Crippen LogP contribution in [0, 0.1) is 6.92 Å². The summed E-state index contributed by atoms with van der Waals surface area (Å²) >= 11 is 0. The van der Waals surface area contributed by atoms with Crippen LogP contribution >= 0.6 is 0 Å². The van der Waals surface area contributed by atoms with Crippen molar-refractivity contribution >= 4 is 10.9 Å².